The van der Waals surface area contributed by atoms with Crippen molar-refractivity contribution in [2.24, 2.45) is 0 Å². The number of aliphatic hydroxyl groups is 1. The molecule has 2 aromatic heterocycles. The number of carbonyl (C=O) groups is 1. The van der Waals surface area contributed by atoms with Crippen LogP contribution in [0.1, 0.15) is 33.7 Å². The number of amides is 1. The maximum absolute atomic E-state index is 12.6. The van der Waals surface area contributed by atoms with Crippen LogP contribution in [0.25, 0.3) is 10.9 Å². The summed E-state index contributed by atoms with van der Waals surface area (Å²) in [6.45, 7) is 2.36. The number of H-pyrrole nitrogens is 1. The lowest BCUT2D eigenvalue weighted by Gasteiger charge is -2.28. The van der Waals surface area contributed by atoms with E-state index < -0.39 is 23.7 Å². The summed E-state index contributed by atoms with van der Waals surface area (Å²) in [6, 6.07) is 9.36. The number of benzene rings is 1. The average molecular weight is 396 g/mol. The molecule has 152 valence electrons. The normalized spacial score (nSPS) is 19.4. The van der Waals surface area contributed by atoms with Gasteiger partial charge in [0.1, 0.15) is 11.3 Å². The Balaban J connectivity index is 1.48. The number of aryl methyl sites for hydroxylation is 3. The van der Waals surface area contributed by atoms with Gasteiger partial charge in [-0.2, -0.15) is 0 Å². The van der Waals surface area contributed by atoms with Crippen LogP contribution in [-0.2, 0) is 17.6 Å². The third kappa shape index (κ3) is 4.11. The van der Waals surface area contributed by atoms with E-state index >= 15 is 0 Å². The third-order valence-electron chi connectivity index (χ3n) is 5.39. The molecular weight excluding hydrogens is 372 g/mol. The van der Waals surface area contributed by atoms with Crippen molar-refractivity contribution in [3.8, 4) is 0 Å². The summed E-state index contributed by atoms with van der Waals surface area (Å²) >= 11 is 0. The quantitative estimate of drug-likeness (QED) is 0.613. The van der Waals surface area contributed by atoms with E-state index in [0.717, 1.165) is 16.5 Å². The standard InChI is InChI=1S/C22H24N2O5/c1-13-10-15(7-6-14-11-23-17-5-3-2-4-16(14)17)29-22(27)20(13)21(26)24-18-8-9-28-12-19(18)25/h2-5,10-11,18-19,23,25H,6-9,12H2,1H3,(H,24,26)/t18-,19-/m0/s1. The molecule has 7 nitrogen and oxygen atoms in total. The summed E-state index contributed by atoms with van der Waals surface area (Å²) in [5.41, 5.74) is 2.12. The van der Waals surface area contributed by atoms with Crippen molar-refractivity contribution in [3.63, 3.8) is 0 Å². The molecule has 1 aromatic carbocycles. The zero-order chi connectivity index (χ0) is 20.4. The first kappa shape index (κ1) is 19.4. The molecule has 1 aliphatic heterocycles. The molecule has 3 heterocycles. The SMILES string of the molecule is Cc1cc(CCc2c[nH]c3ccccc23)oc(=O)c1C(=O)N[C@H]1CCOC[C@@H]1O. The predicted octanol–water partition coefficient (Wildman–Crippen LogP) is 2.09. The van der Waals surface area contributed by atoms with Gasteiger partial charge in [0, 0.05) is 30.1 Å². The number of hydrogen-bond donors (Lipinski definition) is 3. The van der Waals surface area contributed by atoms with Crippen LogP contribution in [-0.4, -0.2) is 41.4 Å². The Hall–Kier alpha value is -2.90. The molecule has 2 atom stereocenters. The Bertz CT molecular complexity index is 1080. The molecule has 0 aliphatic carbocycles. The van der Waals surface area contributed by atoms with Gasteiger partial charge in [0.2, 0.25) is 0 Å². The van der Waals surface area contributed by atoms with E-state index in [4.69, 9.17) is 9.15 Å². The van der Waals surface area contributed by atoms with Crippen molar-refractivity contribution in [2.45, 2.75) is 38.3 Å². The summed E-state index contributed by atoms with van der Waals surface area (Å²) in [5.74, 6) is 0.0193. The number of aromatic nitrogens is 1. The van der Waals surface area contributed by atoms with Crippen molar-refractivity contribution >= 4 is 16.8 Å². The lowest BCUT2D eigenvalue weighted by atomic mass is 10.0. The lowest BCUT2D eigenvalue weighted by Crippen LogP contribution is -2.49. The highest BCUT2D eigenvalue weighted by Crippen LogP contribution is 2.20. The maximum Gasteiger partial charge on any atom is 0.349 e. The van der Waals surface area contributed by atoms with Crippen LogP contribution < -0.4 is 10.9 Å². The zero-order valence-electron chi connectivity index (χ0n) is 16.2. The first-order valence-electron chi connectivity index (χ1n) is 9.78. The van der Waals surface area contributed by atoms with E-state index in [-0.39, 0.29) is 12.2 Å². The van der Waals surface area contributed by atoms with Crippen LogP contribution in [0.3, 0.4) is 0 Å². The Morgan fingerprint density at radius 1 is 1.31 bits per heavy atom. The Kier molecular flexibility index (Phi) is 5.51. The highest BCUT2D eigenvalue weighted by molar-refractivity contribution is 5.95. The number of aromatic amines is 1. The molecule has 0 spiro atoms. The van der Waals surface area contributed by atoms with Gasteiger partial charge in [0.05, 0.1) is 18.8 Å². The van der Waals surface area contributed by atoms with Gasteiger partial charge >= 0.3 is 5.63 Å². The van der Waals surface area contributed by atoms with Crippen LogP contribution in [0.15, 0.2) is 45.7 Å². The second-order valence-electron chi connectivity index (χ2n) is 7.43. The number of rotatable bonds is 5. The van der Waals surface area contributed by atoms with E-state index in [0.29, 0.717) is 37.2 Å². The van der Waals surface area contributed by atoms with Gasteiger partial charge in [-0.1, -0.05) is 18.2 Å². The van der Waals surface area contributed by atoms with E-state index in [2.05, 4.69) is 16.4 Å². The zero-order valence-corrected chi connectivity index (χ0v) is 16.2. The topological polar surface area (TPSA) is 105 Å². The van der Waals surface area contributed by atoms with Gasteiger partial charge in [0.15, 0.2) is 0 Å². The Morgan fingerprint density at radius 3 is 2.93 bits per heavy atom. The molecular formula is C22H24N2O5. The molecule has 4 rings (SSSR count). The number of nitrogens with one attached hydrogen (secondary N) is 2. The van der Waals surface area contributed by atoms with E-state index in [1.807, 2.05) is 24.4 Å². The molecule has 3 aromatic rings. The monoisotopic (exact) mass is 396 g/mol. The summed E-state index contributed by atoms with van der Waals surface area (Å²) < 4.78 is 10.6. The number of carbonyl (C=O) groups excluding carboxylic acids is 1. The van der Waals surface area contributed by atoms with Crippen molar-refractivity contribution in [1.82, 2.24) is 10.3 Å². The van der Waals surface area contributed by atoms with Gasteiger partial charge in [-0.25, -0.2) is 4.79 Å². The second-order valence-corrected chi connectivity index (χ2v) is 7.43. The number of aliphatic hydroxyl groups excluding tert-OH is 1. The van der Waals surface area contributed by atoms with Crippen molar-refractivity contribution in [1.29, 1.82) is 0 Å². The van der Waals surface area contributed by atoms with Gasteiger partial charge in [-0.3, -0.25) is 4.79 Å². The minimum atomic E-state index is -0.782. The van der Waals surface area contributed by atoms with E-state index in [1.165, 1.54) is 0 Å². The largest absolute Gasteiger partial charge is 0.427 e. The highest BCUT2D eigenvalue weighted by Gasteiger charge is 2.27. The summed E-state index contributed by atoms with van der Waals surface area (Å²) in [4.78, 5) is 28.3. The predicted molar refractivity (Wildman–Crippen MR) is 108 cm³/mol. The molecule has 7 heteroatoms. The minimum absolute atomic E-state index is 0.0143. The van der Waals surface area contributed by atoms with Crippen LogP contribution in [0.5, 0.6) is 0 Å². The summed E-state index contributed by atoms with van der Waals surface area (Å²) in [5, 5.41) is 13.8. The molecule has 3 N–H and O–H groups in total. The lowest BCUT2D eigenvalue weighted by molar-refractivity contribution is -0.0261. The fraction of sp³-hybridized carbons (Fsp3) is 0.364. The summed E-state index contributed by atoms with van der Waals surface area (Å²) in [6.07, 6.45) is 2.96. The molecule has 0 unspecified atom stereocenters. The maximum atomic E-state index is 12.6. The van der Waals surface area contributed by atoms with E-state index in [1.54, 1.807) is 13.0 Å². The van der Waals surface area contributed by atoms with Crippen LogP contribution in [0, 0.1) is 6.92 Å². The molecule has 1 aliphatic rings. The molecule has 0 bridgehead atoms. The number of hydrogen-bond acceptors (Lipinski definition) is 5. The average Bonchev–Trinajstić information content (AvgIpc) is 3.11. The number of fused-ring (bicyclic) bond motifs is 1. The molecule has 1 saturated heterocycles. The van der Waals surface area contributed by atoms with Gasteiger partial charge in [0.25, 0.3) is 5.91 Å². The molecule has 0 radical (unpaired) electrons. The molecule has 1 amide bonds. The number of para-hydroxylation sites is 1. The van der Waals surface area contributed by atoms with Crippen LogP contribution >= 0.6 is 0 Å². The third-order valence-corrected chi connectivity index (χ3v) is 5.39. The van der Waals surface area contributed by atoms with E-state index in [9.17, 15) is 14.7 Å². The second kappa shape index (κ2) is 8.23. The van der Waals surface area contributed by atoms with Crippen LogP contribution in [0.2, 0.25) is 0 Å². The smallest absolute Gasteiger partial charge is 0.349 e. The summed E-state index contributed by atoms with van der Waals surface area (Å²) in [7, 11) is 0. The van der Waals surface area contributed by atoms with Gasteiger partial charge in [-0.15, -0.1) is 0 Å². The van der Waals surface area contributed by atoms with Crippen molar-refractivity contribution in [2.75, 3.05) is 13.2 Å². The Labute approximate surface area is 167 Å². The Morgan fingerprint density at radius 2 is 2.14 bits per heavy atom. The molecule has 29 heavy (non-hydrogen) atoms. The first-order chi connectivity index (χ1) is 14.0. The van der Waals surface area contributed by atoms with Crippen LogP contribution in [0.4, 0.5) is 0 Å². The fourth-order valence-corrected chi connectivity index (χ4v) is 3.80. The number of ether oxygens (including phenoxy) is 1. The van der Waals surface area contributed by atoms with Crippen molar-refractivity contribution < 1.29 is 19.1 Å². The van der Waals surface area contributed by atoms with Gasteiger partial charge < -0.3 is 24.6 Å². The molecule has 0 saturated carbocycles. The highest BCUT2D eigenvalue weighted by atomic mass is 16.5. The molecule has 1 fully saturated rings. The minimum Gasteiger partial charge on any atom is -0.427 e. The fourth-order valence-electron chi connectivity index (χ4n) is 3.80. The van der Waals surface area contributed by atoms with Gasteiger partial charge in [-0.05, 0) is 43.0 Å². The van der Waals surface area contributed by atoms with Crippen molar-refractivity contribution in [3.05, 3.63) is 69.4 Å². The first-order valence-corrected chi connectivity index (χ1v) is 9.78.